The zero-order chi connectivity index (χ0) is 22.9. The van der Waals surface area contributed by atoms with Crippen molar-refractivity contribution in [3.63, 3.8) is 0 Å². The van der Waals surface area contributed by atoms with Crippen LogP contribution in [0.3, 0.4) is 0 Å². The van der Waals surface area contributed by atoms with Gasteiger partial charge in [-0.15, -0.1) is 0 Å². The minimum Gasteiger partial charge on any atom is -0.451 e. The molecular formula is C22H19F3N2O4S. The number of hydrogen-bond donors (Lipinski definition) is 0. The van der Waals surface area contributed by atoms with Crippen LogP contribution in [0.4, 0.5) is 13.2 Å². The second-order valence-corrected chi connectivity index (χ2v) is 9.19. The Hall–Kier alpha value is -3.11. The Morgan fingerprint density at radius 1 is 0.875 bits per heavy atom. The molecule has 0 saturated carbocycles. The van der Waals surface area contributed by atoms with Crippen molar-refractivity contribution >= 4 is 15.9 Å². The van der Waals surface area contributed by atoms with E-state index in [0.717, 1.165) is 12.1 Å². The number of benzene rings is 2. The quantitative estimate of drug-likeness (QED) is 0.583. The Labute approximate surface area is 182 Å². The molecule has 2 heterocycles. The van der Waals surface area contributed by atoms with Crippen molar-refractivity contribution in [3.05, 3.63) is 78.1 Å². The highest BCUT2D eigenvalue weighted by Crippen LogP contribution is 2.33. The Balaban J connectivity index is 1.44. The molecule has 0 bridgehead atoms. The van der Waals surface area contributed by atoms with Crippen molar-refractivity contribution in [2.45, 2.75) is 11.1 Å². The van der Waals surface area contributed by atoms with Gasteiger partial charge in [0.15, 0.2) is 5.76 Å². The number of furan rings is 1. The molecule has 0 N–H and O–H groups in total. The number of piperazine rings is 1. The predicted octanol–water partition coefficient (Wildman–Crippen LogP) is 4.11. The SMILES string of the molecule is O=C(c1ccc(-c2cccc(C(F)(F)F)c2)o1)N1CCN(S(=O)(=O)c2ccccc2)CC1. The van der Waals surface area contributed by atoms with Crippen molar-refractivity contribution in [1.29, 1.82) is 0 Å². The second kappa shape index (κ2) is 8.44. The fourth-order valence-corrected chi connectivity index (χ4v) is 4.93. The van der Waals surface area contributed by atoms with Gasteiger partial charge < -0.3 is 9.32 Å². The minimum atomic E-state index is -4.49. The first-order chi connectivity index (χ1) is 15.2. The molecule has 1 fully saturated rings. The minimum absolute atomic E-state index is 0.0169. The van der Waals surface area contributed by atoms with Crippen molar-refractivity contribution in [3.8, 4) is 11.3 Å². The lowest BCUT2D eigenvalue weighted by Crippen LogP contribution is -2.50. The maximum absolute atomic E-state index is 12.9. The molecule has 4 rings (SSSR count). The lowest BCUT2D eigenvalue weighted by Gasteiger charge is -2.33. The average Bonchev–Trinajstić information content (AvgIpc) is 3.29. The smallest absolute Gasteiger partial charge is 0.416 e. The fourth-order valence-electron chi connectivity index (χ4n) is 3.49. The average molecular weight is 464 g/mol. The summed E-state index contributed by atoms with van der Waals surface area (Å²) >= 11 is 0. The highest BCUT2D eigenvalue weighted by molar-refractivity contribution is 7.89. The molecule has 0 unspecified atom stereocenters. The van der Waals surface area contributed by atoms with E-state index in [0.29, 0.717) is 0 Å². The maximum Gasteiger partial charge on any atom is 0.416 e. The zero-order valence-electron chi connectivity index (χ0n) is 16.7. The van der Waals surface area contributed by atoms with Crippen LogP contribution in [0.2, 0.25) is 0 Å². The molecule has 1 aliphatic rings. The van der Waals surface area contributed by atoms with E-state index >= 15 is 0 Å². The van der Waals surface area contributed by atoms with E-state index in [1.165, 1.54) is 45.6 Å². The van der Waals surface area contributed by atoms with Gasteiger partial charge in [-0.1, -0.05) is 30.3 Å². The van der Waals surface area contributed by atoms with Gasteiger partial charge in [-0.25, -0.2) is 8.42 Å². The zero-order valence-corrected chi connectivity index (χ0v) is 17.6. The Bertz CT molecular complexity index is 1220. The molecule has 168 valence electrons. The second-order valence-electron chi connectivity index (χ2n) is 7.25. The summed E-state index contributed by atoms with van der Waals surface area (Å²) in [5.74, 6) is -0.318. The van der Waals surface area contributed by atoms with Crippen LogP contribution in [0.5, 0.6) is 0 Å². The highest BCUT2D eigenvalue weighted by atomic mass is 32.2. The van der Waals surface area contributed by atoms with Gasteiger partial charge in [-0.3, -0.25) is 4.79 Å². The largest absolute Gasteiger partial charge is 0.451 e. The standard InChI is InChI=1S/C22H19F3N2O4S/c23-22(24,25)17-6-4-5-16(15-17)19-9-10-20(31-19)21(28)26-11-13-27(14-12-26)32(29,30)18-7-2-1-3-8-18/h1-10,15H,11-14H2. The number of carbonyl (C=O) groups is 1. The van der Waals surface area contributed by atoms with Crippen LogP contribution in [0.15, 0.2) is 76.0 Å². The van der Waals surface area contributed by atoms with Gasteiger partial charge in [0, 0.05) is 31.7 Å². The lowest BCUT2D eigenvalue weighted by molar-refractivity contribution is -0.137. The van der Waals surface area contributed by atoms with Gasteiger partial charge in [0.25, 0.3) is 5.91 Å². The molecule has 0 atom stereocenters. The molecule has 1 saturated heterocycles. The number of rotatable bonds is 4. The third-order valence-electron chi connectivity index (χ3n) is 5.20. The third kappa shape index (κ3) is 4.42. The van der Waals surface area contributed by atoms with Crippen LogP contribution in [-0.2, 0) is 16.2 Å². The molecule has 10 heteroatoms. The molecule has 1 aromatic heterocycles. The third-order valence-corrected chi connectivity index (χ3v) is 7.11. The molecule has 0 spiro atoms. The van der Waals surface area contributed by atoms with Crippen LogP contribution in [0.1, 0.15) is 16.1 Å². The number of nitrogens with zero attached hydrogens (tertiary/aromatic N) is 2. The van der Waals surface area contributed by atoms with E-state index in [4.69, 9.17) is 4.42 Å². The van der Waals surface area contributed by atoms with E-state index in [2.05, 4.69) is 0 Å². The predicted molar refractivity (Wildman–Crippen MR) is 110 cm³/mol. The Morgan fingerprint density at radius 2 is 1.56 bits per heavy atom. The summed E-state index contributed by atoms with van der Waals surface area (Å²) in [6, 6.07) is 15.6. The molecule has 3 aromatic rings. The number of amides is 1. The van der Waals surface area contributed by atoms with Gasteiger partial charge in [0.05, 0.1) is 10.5 Å². The molecular weight excluding hydrogens is 445 g/mol. The van der Waals surface area contributed by atoms with Crippen LogP contribution < -0.4 is 0 Å². The number of alkyl halides is 3. The summed E-state index contributed by atoms with van der Waals surface area (Å²) < 4.78 is 71.1. The van der Waals surface area contributed by atoms with Gasteiger partial charge >= 0.3 is 6.18 Å². The van der Waals surface area contributed by atoms with Crippen LogP contribution >= 0.6 is 0 Å². The molecule has 32 heavy (non-hydrogen) atoms. The number of sulfonamides is 1. The molecule has 1 aliphatic heterocycles. The summed E-state index contributed by atoms with van der Waals surface area (Å²) in [5.41, 5.74) is -0.604. The monoisotopic (exact) mass is 464 g/mol. The van der Waals surface area contributed by atoms with Crippen molar-refractivity contribution in [2.75, 3.05) is 26.2 Å². The first kappa shape index (κ1) is 22.1. The fraction of sp³-hybridized carbons (Fsp3) is 0.227. The molecule has 6 nitrogen and oxygen atoms in total. The number of carbonyl (C=O) groups excluding carboxylic acids is 1. The summed E-state index contributed by atoms with van der Waals surface area (Å²) in [5, 5.41) is 0. The van der Waals surface area contributed by atoms with Crippen LogP contribution in [0, 0.1) is 0 Å². The topological polar surface area (TPSA) is 70.8 Å². The summed E-state index contributed by atoms with van der Waals surface area (Å²) in [6.45, 7) is 0.600. The van der Waals surface area contributed by atoms with Gasteiger partial charge in [0.2, 0.25) is 10.0 Å². The van der Waals surface area contributed by atoms with E-state index in [-0.39, 0.29) is 48.2 Å². The van der Waals surface area contributed by atoms with E-state index in [1.807, 2.05) is 0 Å². The Morgan fingerprint density at radius 3 is 2.22 bits per heavy atom. The number of hydrogen-bond acceptors (Lipinski definition) is 4. The summed E-state index contributed by atoms with van der Waals surface area (Å²) in [7, 11) is -3.64. The highest BCUT2D eigenvalue weighted by Gasteiger charge is 2.32. The summed E-state index contributed by atoms with van der Waals surface area (Å²) in [4.78, 5) is 14.4. The molecule has 0 aliphatic carbocycles. The summed E-state index contributed by atoms with van der Waals surface area (Å²) in [6.07, 6.45) is -4.49. The van der Waals surface area contributed by atoms with Crippen molar-refractivity contribution in [2.24, 2.45) is 0 Å². The first-order valence-electron chi connectivity index (χ1n) is 9.78. The van der Waals surface area contributed by atoms with E-state index < -0.39 is 27.7 Å². The van der Waals surface area contributed by atoms with Crippen molar-refractivity contribution in [1.82, 2.24) is 9.21 Å². The molecule has 0 radical (unpaired) electrons. The van der Waals surface area contributed by atoms with Gasteiger partial charge in [-0.2, -0.15) is 17.5 Å². The van der Waals surface area contributed by atoms with Crippen LogP contribution in [-0.4, -0.2) is 49.7 Å². The van der Waals surface area contributed by atoms with Crippen LogP contribution in [0.25, 0.3) is 11.3 Å². The molecule has 1 amide bonds. The number of halogens is 3. The Kier molecular flexibility index (Phi) is 5.83. The first-order valence-corrected chi connectivity index (χ1v) is 11.2. The lowest BCUT2D eigenvalue weighted by atomic mass is 10.1. The normalized spacial score (nSPS) is 15.7. The van der Waals surface area contributed by atoms with Crippen molar-refractivity contribution < 1.29 is 30.8 Å². The van der Waals surface area contributed by atoms with Gasteiger partial charge in [0.1, 0.15) is 5.76 Å². The van der Waals surface area contributed by atoms with Gasteiger partial charge in [-0.05, 0) is 36.4 Å². The maximum atomic E-state index is 12.9. The molecule has 2 aromatic carbocycles. The van der Waals surface area contributed by atoms with E-state index in [9.17, 15) is 26.4 Å². The van der Waals surface area contributed by atoms with E-state index in [1.54, 1.807) is 18.2 Å².